The number of benzene rings is 2. The summed E-state index contributed by atoms with van der Waals surface area (Å²) in [5.41, 5.74) is 1.62. The molecule has 0 aromatic heterocycles. The van der Waals surface area contributed by atoms with E-state index in [1.54, 1.807) is 0 Å². The van der Waals surface area contributed by atoms with E-state index in [9.17, 15) is 13.6 Å². The van der Waals surface area contributed by atoms with Gasteiger partial charge in [-0.25, -0.2) is 13.8 Å². The third-order valence-corrected chi connectivity index (χ3v) is 4.47. The van der Waals surface area contributed by atoms with Crippen LogP contribution in [0.4, 0.5) is 14.5 Å². The molecule has 1 aliphatic heterocycles. The lowest BCUT2D eigenvalue weighted by molar-refractivity contribution is 0.0855. The first kappa shape index (κ1) is 15.7. The first-order chi connectivity index (χ1) is 11.1. The van der Waals surface area contributed by atoms with Gasteiger partial charge in [0.1, 0.15) is 11.6 Å². The second kappa shape index (κ2) is 6.50. The average Bonchev–Trinajstić information content (AvgIpc) is 2.97. The Morgan fingerprint density at radius 3 is 2.74 bits per heavy atom. The Hall–Kier alpha value is -2.21. The van der Waals surface area contributed by atoms with Gasteiger partial charge in [-0.1, -0.05) is 30.0 Å². The van der Waals surface area contributed by atoms with Gasteiger partial charge in [-0.3, -0.25) is 9.69 Å². The summed E-state index contributed by atoms with van der Waals surface area (Å²) in [7, 11) is 0. The smallest absolute Gasteiger partial charge is 0.262 e. The molecule has 1 fully saturated rings. The molecule has 1 aliphatic rings. The fourth-order valence-corrected chi connectivity index (χ4v) is 3.23. The van der Waals surface area contributed by atoms with Crippen LogP contribution in [-0.2, 0) is 0 Å². The van der Waals surface area contributed by atoms with Crippen LogP contribution in [0.5, 0.6) is 0 Å². The number of carbonyl (C=O) groups excluding carboxylic acids is 1. The van der Waals surface area contributed by atoms with Gasteiger partial charge in [0, 0.05) is 18.4 Å². The first-order valence-corrected chi connectivity index (χ1v) is 8.09. The van der Waals surface area contributed by atoms with E-state index in [0.29, 0.717) is 23.5 Å². The second-order valence-electron chi connectivity index (χ2n) is 5.11. The monoisotopic (exact) mass is 332 g/mol. The van der Waals surface area contributed by atoms with Gasteiger partial charge < -0.3 is 0 Å². The number of hydrogen-bond acceptors (Lipinski definition) is 3. The molecule has 0 saturated carbocycles. The van der Waals surface area contributed by atoms with Gasteiger partial charge in [-0.2, -0.15) is 0 Å². The van der Waals surface area contributed by atoms with Crippen LogP contribution in [0, 0.1) is 18.6 Å². The Morgan fingerprint density at radius 1 is 1.22 bits per heavy atom. The van der Waals surface area contributed by atoms with E-state index in [-0.39, 0.29) is 5.56 Å². The standard InChI is InChI=1S/C17H14F2N2OS/c1-11-4-2-3-5-15(11)20-17-21(8-9-23-17)16(22)13-7-6-12(18)10-14(13)19/h2-7,10H,8-9H2,1H3. The molecule has 3 rings (SSSR count). The SMILES string of the molecule is Cc1ccccc1N=C1SCCN1C(=O)c1ccc(F)cc1F. The maximum absolute atomic E-state index is 13.8. The average molecular weight is 332 g/mol. The number of aryl methyl sites for hydroxylation is 1. The highest BCUT2D eigenvalue weighted by Gasteiger charge is 2.28. The lowest BCUT2D eigenvalue weighted by Crippen LogP contribution is -2.32. The van der Waals surface area contributed by atoms with Crippen molar-refractivity contribution in [1.82, 2.24) is 4.90 Å². The summed E-state index contributed by atoms with van der Waals surface area (Å²) in [4.78, 5) is 18.5. The highest BCUT2D eigenvalue weighted by molar-refractivity contribution is 8.14. The quantitative estimate of drug-likeness (QED) is 0.827. The molecule has 3 nitrogen and oxygen atoms in total. The lowest BCUT2D eigenvalue weighted by Gasteiger charge is -2.16. The lowest BCUT2D eigenvalue weighted by atomic mass is 10.2. The predicted octanol–water partition coefficient (Wildman–Crippen LogP) is 4.15. The van der Waals surface area contributed by atoms with Crippen LogP contribution in [0.3, 0.4) is 0 Å². The fourth-order valence-electron chi connectivity index (χ4n) is 2.28. The van der Waals surface area contributed by atoms with E-state index in [4.69, 9.17) is 0 Å². The molecule has 0 radical (unpaired) electrons. The van der Waals surface area contributed by atoms with Crippen molar-refractivity contribution >= 4 is 28.5 Å². The van der Waals surface area contributed by atoms with Crippen molar-refractivity contribution in [1.29, 1.82) is 0 Å². The number of thioether (sulfide) groups is 1. The number of amides is 1. The predicted molar refractivity (Wildman–Crippen MR) is 88.1 cm³/mol. The molecule has 6 heteroatoms. The summed E-state index contributed by atoms with van der Waals surface area (Å²) in [5, 5.41) is 0.535. The number of rotatable bonds is 2. The van der Waals surface area contributed by atoms with E-state index in [2.05, 4.69) is 4.99 Å². The van der Waals surface area contributed by atoms with Crippen molar-refractivity contribution in [3.8, 4) is 0 Å². The van der Waals surface area contributed by atoms with Gasteiger partial charge in [0.05, 0.1) is 11.3 Å². The van der Waals surface area contributed by atoms with E-state index < -0.39 is 17.5 Å². The second-order valence-corrected chi connectivity index (χ2v) is 6.17. The molecule has 0 aliphatic carbocycles. The van der Waals surface area contributed by atoms with Gasteiger partial charge in [-0.15, -0.1) is 0 Å². The molecule has 0 bridgehead atoms. The molecule has 2 aromatic carbocycles. The summed E-state index contributed by atoms with van der Waals surface area (Å²) in [6.45, 7) is 2.38. The zero-order valence-electron chi connectivity index (χ0n) is 12.4. The maximum atomic E-state index is 13.8. The normalized spacial score (nSPS) is 16.1. The van der Waals surface area contributed by atoms with Gasteiger partial charge in [-0.05, 0) is 30.7 Å². The number of amidine groups is 1. The largest absolute Gasteiger partial charge is 0.286 e. The van der Waals surface area contributed by atoms with Crippen molar-refractivity contribution in [2.45, 2.75) is 6.92 Å². The van der Waals surface area contributed by atoms with Crippen LogP contribution < -0.4 is 0 Å². The molecule has 2 aromatic rings. The van der Waals surface area contributed by atoms with Gasteiger partial charge in [0.15, 0.2) is 5.17 Å². The molecule has 0 spiro atoms. The van der Waals surface area contributed by atoms with Crippen molar-refractivity contribution in [3.05, 3.63) is 65.2 Å². The zero-order valence-corrected chi connectivity index (χ0v) is 13.2. The van der Waals surface area contributed by atoms with Gasteiger partial charge in [0.25, 0.3) is 5.91 Å². The molecular formula is C17H14F2N2OS. The van der Waals surface area contributed by atoms with E-state index in [1.165, 1.54) is 22.7 Å². The minimum atomic E-state index is -0.859. The maximum Gasteiger partial charge on any atom is 0.262 e. The van der Waals surface area contributed by atoms with E-state index >= 15 is 0 Å². The Balaban J connectivity index is 1.92. The van der Waals surface area contributed by atoms with Crippen molar-refractivity contribution in [3.63, 3.8) is 0 Å². The Morgan fingerprint density at radius 2 is 2.00 bits per heavy atom. The Labute approximate surface area is 137 Å². The third kappa shape index (κ3) is 3.27. The van der Waals surface area contributed by atoms with E-state index in [0.717, 1.165) is 17.3 Å². The molecule has 0 N–H and O–H groups in total. The van der Waals surface area contributed by atoms with Crippen LogP contribution in [-0.4, -0.2) is 28.3 Å². The number of nitrogens with zero attached hydrogens (tertiary/aromatic N) is 2. The fraction of sp³-hybridized carbons (Fsp3) is 0.176. The summed E-state index contributed by atoms with van der Waals surface area (Å²) >= 11 is 1.44. The molecular weight excluding hydrogens is 318 g/mol. The summed E-state index contributed by atoms with van der Waals surface area (Å²) in [5.74, 6) is -1.37. The first-order valence-electron chi connectivity index (χ1n) is 7.10. The Kier molecular flexibility index (Phi) is 4.43. The number of para-hydroxylation sites is 1. The molecule has 23 heavy (non-hydrogen) atoms. The number of halogens is 2. The number of aliphatic imine (C=N–C) groups is 1. The molecule has 1 amide bonds. The molecule has 1 heterocycles. The molecule has 0 atom stereocenters. The van der Waals surface area contributed by atoms with Crippen LogP contribution in [0.2, 0.25) is 0 Å². The van der Waals surface area contributed by atoms with E-state index in [1.807, 2.05) is 31.2 Å². The van der Waals surface area contributed by atoms with Gasteiger partial charge in [0.2, 0.25) is 0 Å². The number of carbonyl (C=O) groups is 1. The zero-order chi connectivity index (χ0) is 16.4. The molecule has 118 valence electrons. The highest BCUT2D eigenvalue weighted by Crippen LogP contribution is 2.26. The topological polar surface area (TPSA) is 32.7 Å². The van der Waals surface area contributed by atoms with Crippen LogP contribution in [0.1, 0.15) is 15.9 Å². The van der Waals surface area contributed by atoms with Crippen LogP contribution in [0.25, 0.3) is 0 Å². The summed E-state index contributed by atoms with van der Waals surface area (Å²) in [6, 6.07) is 10.6. The molecule has 1 saturated heterocycles. The minimum absolute atomic E-state index is 0.147. The third-order valence-electron chi connectivity index (χ3n) is 3.52. The van der Waals surface area contributed by atoms with Crippen molar-refractivity contribution in [2.75, 3.05) is 12.3 Å². The highest BCUT2D eigenvalue weighted by atomic mass is 32.2. The van der Waals surface area contributed by atoms with Crippen LogP contribution >= 0.6 is 11.8 Å². The van der Waals surface area contributed by atoms with Gasteiger partial charge >= 0.3 is 0 Å². The van der Waals surface area contributed by atoms with Crippen molar-refractivity contribution in [2.24, 2.45) is 4.99 Å². The Bertz CT molecular complexity index is 792. The minimum Gasteiger partial charge on any atom is -0.286 e. The summed E-state index contributed by atoms with van der Waals surface area (Å²) in [6.07, 6.45) is 0. The van der Waals surface area contributed by atoms with Crippen molar-refractivity contribution < 1.29 is 13.6 Å². The summed E-state index contributed by atoms with van der Waals surface area (Å²) < 4.78 is 26.8. The van der Waals surface area contributed by atoms with Crippen LogP contribution in [0.15, 0.2) is 47.5 Å². The molecule has 0 unspecified atom stereocenters. The number of hydrogen-bond donors (Lipinski definition) is 0.